The minimum absolute atomic E-state index is 0.154. The van der Waals surface area contributed by atoms with Crippen LogP contribution in [0.2, 0.25) is 0 Å². The van der Waals surface area contributed by atoms with Crippen molar-refractivity contribution in [1.82, 2.24) is 9.80 Å². The molecule has 2 rings (SSSR count). The molecule has 2 amide bonds. The molecule has 3 unspecified atom stereocenters. The van der Waals surface area contributed by atoms with Gasteiger partial charge in [-0.05, 0) is 18.8 Å². The number of carbonyl (C=O) groups excluding carboxylic acids is 1. The number of ether oxygens (including phenoxy) is 1. The van der Waals surface area contributed by atoms with Gasteiger partial charge in [0.15, 0.2) is 0 Å². The van der Waals surface area contributed by atoms with E-state index in [1.807, 2.05) is 0 Å². The first-order chi connectivity index (χ1) is 9.02. The van der Waals surface area contributed by atoms with E-state index in [9.17, 15) is 14.7 Å². The minimum Gasteiger partial charge on any atom is -0.480 e. The van der Waals surface area contributed by atoms with Gasteiger partial charge >= 0.3 is 12.0 Å². The molecule has 2 saturated heterocycles. The number of urea groups is 1. The van der Waals surface area contributed by atoms with E-state index in [4.69, 9.17) is 4.74 Å². The van der Waals surface area contributed by atoms with Crippen LogP contribution in [0.15, 0.2) is 0 Å². The molecule has 6 heteroatoms. The Labute approximate surface area is 113 Å². The number of carboxylic acid groups (broad SMARTS) is 1. The summed E-state index contributed by atoms with van der Waals surface area (Å²) in [5.41, 5.74) is 0. The summed E-state index contributed by atoms with van der Waals surface area (Å²) in [7, 11) is 1.56. The lowest BCUT2D eigenvalue weighted by Gasteiger charge is -2.35. The molecule has 0 saturated carbocycles. The van der Waals surface area contributed by atoms with E-state index in [0.29, 0.717) is 18.9 Å². The third-order valence-corrected chi connectivity index (χ3v) is 4.05. The van der Waals surface area contributed by atoms with E-state index >= 15 is 0 Å². The number of nitrogens with zero attached hydrogens (tertiary/aromatic N) is 2. The Bertz CT molecular complexity index is 361. The molecule has 2 fully saturated rings. The Hall–Kier alpha value is -1.30. The minimum atomic E-state index is -0.946. The molecule has 2 heterocycles. The molecule has 19 heavy (non-hydrogen) atoms. The fourth-order valence-corrected chi connectivity index (χ4v) is 2.96. The van der Waals surface area contributed by atoms with Crippen molar-refractivity contribution in [1.29, 1.82) is 0 Å². The van der Waals surface area contributed by atoms with E-state index in [1.165, 1.54) is 4.90 Å². The van der Waals surface area contributed by atoms with Crippen molar-refractivity contribution in [2.45, 2.75) is 38.3 Å². The number of amides is 2. The van der Waals surface area contributed by atoms with Crippen LogP contribution in [-0.4, -0.2) is 65.8 Å². The van der Waals surface area contributed by atoms with Gasteiger partial charge in [-0.3, -0.25) is 0 Å². The van der Waals surface area contributed by atoms with Gasteiger partial charge in [0, 0.05) is 33.2 Å². The van der Waals surface area contributed by atoms with Crippen molar-refractivity contribution in [2.24, 2.45) is 5.92 Å². The van der Waals surface area contributed by atoms with Gasteiger partial charge in [0.05, 0.1) is 6.10 Å². The number of hydrogen-bond donors (Lipinski definition) is 1. The summed E-state index contributed by atoms with van der Waals surface area (Å²) in [6.07, 6.45) is 2.33. The number of carbonyl (C=O) groups is 2. The van der Waals surface area contributed by atoms with Crippen LogP contribution in [-0.2, 0) is 9.53 Å². The van der Waals surface area contributed by atoms with Crippen molar-refractivity contribution < 1.29 is 19.4 Å². The first kappa shape index (κ1) is 14.1. The summed E-state index contributed by atoms with van der Waals surface area (Å²) in [5, 5.41) is 9.23. The lowest BCUT2D eigenvalue weighted by molar-refractivity contribution is -0.141. The predicted molar refractivity (Wildman–Crippen MR) is 68.9 cm³/mol. The highest BCUT2D eigenvalue weighted by Crippen LogP contribution is 2.24. The Kier molecular flexibility index (Phi) is 4.29. The average Bonchev–Trinajstić information content (AvgIpc) is 2.82. The van der Waals surface area contributed by atoms with Gasteiger partial charge < -0.3 is 19.6 Å². The molecule has 0 bridgehead atoms. The van der Waals surface area contributed by atoms with Crippen molar-refractivity contribution in [3.63, 3.8) is 0 Å². The highest BCUT2D eigenvalue weighted by molar-refractivity contribution is 5.83. The zero-order chi connectivity index (χ0) is 14.0. The first-order valence-electron chi connectivity index (χ1n) is 6.84. The molecule has 0 aliphatic carbocycles. The van der Waals surface area contributed by atoms with Crippen molar-refractivity contribution >= 4 is 12.0 Å². The third kappa shape index (κ3) is 3.00. The fraction of sp³-hybridized carbons (Fsp3) is 0.846. The van der Waals surface area contributed by atoms with Crippen LogP contribution < -0.4 is 0 Å². The van der Waals surface area contributed by atoms with Crippen LogP contribution in [0.1, 0.15) is 26.2 Å². The lowest BCUT2D eigenvalue weighted by Crippen LogP contribution is -2.50. The van der Waals surface area contributed by atoms with Crippen LogP contribution >= 0.6 is 0 Å². The maximum Gasteiger partial charge on any atom is 0.326 e. The maximum absolute atomic E-state index is 12.5. The smallest absolute Gasteiger partial charge is 0.326 e. The highest BCUT2D eigenvalue weighted by atomic mass is 16.5. The van der Waals surface area contributed by atoms with Gasteiger partial charge in [-0.1, -0.05) is 6.92 Å². The third-order valence-electron chi connectivity index (χ3n) is 4.05. The second-order valence-electron chi connectivity index (χ2n) is 5.58. The standard InChI is InChI=1S/C13H22N2O4/c1-9-4-3-5-14(7-9)13(18)15-8-10(19-2)6-11(15)12(16)17/h9-11H,3-8H2,1-2H3,(H,16,17). The van der Waals surface area contributed by atoms with E-state index in [2.05, 4.69) is 6.92 Å². The van der Waals surface area contributed by atoms with Crippen LogP contribution in [0.4, 0.5) is 4.79 Å². The SMILES string of the molecule is COC1CC(C(=O)O)N(C(=O)N2CCCC(C)C2)C1. The number of methoxy groups -OCH3 is 1. The van der Waals surface area contributed by atoms with Gasteiger partial charge in [0.1, 0.15) is 6.04 Å². The molecule has 0 spiro atoms. The molecule has 0 radical (unpaired) electrons. The summed E-state index contributed by atoms with van der Waals surface area (Å²) in [6, 6.07) is -0.909. The largest absolute Gasteiger partial charge is 0.480 e. The number of piperidine rings is 1. The Balaban J connectivity index is 2.05. The summed E-state index contributed by atoms with van der Waals surface area (Å²) in [6.45, 7) is 3.94. The van der Waals surface area contributed by atoms with Gasteiger partial charge in [0.2, 0.25) is 0 Å². The fourth-order valence-electron chi connectivity index (χ4n) is 2.96. The maximum atomic E-state index is 12.5. The molecule has 0 aromatic carbocycles. The zero-order valence-corrected chi connectivity index (χ0v) is 11.5. The van der Waals surface area contributed by atoms with E-state index in [-0.39, 0.29) is 12.1 Å². The number of aliphatic carboxylic acids is 1. The van der Waals surface area contributed by atoms with Gasteiger partial charge in [-0.2, -0.15) is 0 Å². The molecule has 6 nitrogen and oxygen atoms in total. The van der Waals surface area contributed by atoms with Crippen LogP contribution in [0.25, 0.3) is 0 Å². The summed E-state index contributed by atoms with van der Waals surface area (Å²) < 4.78 is 5.20. The number of carboxylic acids is 1. The highest BCUT2D eigenvalue weighted by Gasteiger charge is 2.41. The van der Waals surface area contributed by atoms with E-state index in [1.54, 1.807) is 12.0 Å². The van der Waals surface area contributed by atoms with E-state index < -0.39 is 12.0 Å². The topological polar surface area (TPSA) is 70.1 Å². The summed E-state index contributed by atoms with van der Waals surface area (Å²) in [5.74, 6) is -0.459. The number of hydrogen-bond acceptors (Lipinski definition) is 3. The lowest BCUT2D eigenvalue weighted by atomic mass is 10.0. The Morgan fingerprint density at radius 1 is 1.32 bits per heavy atom. The average molecular weight is 270 g/mol. The molecule has 0 aromatic heterocycles. The molecule has 0 aromatic rings. The second kappa shape index (κ2) is 5.77. The zero-order valence-electron chi connectivity index (χ0n) is 11.5. The quantitative estimate of drug-likeness (QED) is 0.813. The first-order valence-corrected chi connectivity index (χ1v) is 6.84. The second-order valence-corrected chi connectivity index (χ2v) is 5.58. The molecule has 108 valence electrons. The summed E-state index contributed by atoms with van der Waals surface area (Å²) in [4.78, 5) is 26.9. The molecule has 2 aliphatic rings. The van der Waals surface area contributed by atoms with Crippen LogP contribution in [0.3, 0.4) is 0 Å². The molecule has 3 atom stereocenters. The van der Waals surface area contributed by atoms with Crippen LogP contribution in [0.5, 0.6) is 0 Å². The molecular formula is C13H22N2O4. The summed E-state index contributed by atoms with van der Waals surface area (Å²) >= 11 is 0. The normalized spacial score (nSPS) is 31.6. The molecular weight excluding hydrogens is 248 g/mol. The molecule has 2 aliphatic heterocycles. The van der Waals surface area contributed by atoms with Gasteiger partial charge in [0.25, 0.3) is 0 Å². The van der Waals surface area contributed by atoms with Crippen molar-refractivity contribution in [3.05, 3.63) is 0 Å². The Morgan fingerprint density at radius 3 is 2.63 bits per heavy atom. The van der Waals surface area contributed by atoms with Gasteiger partial charge in [-0.15, -0.1) is 0 Å². The van der Waals surface area contributed by atoms with Gasteiger partial charge in [-0.25, -0.2) is 9.59 Å². The van der Waals surface area contributed by atoms with E-state index in [0.717, 1.165) is 25.9 Å². The predicted octanol–water partition coefficient (Wildman–Crippen LogP) is 1.01. The Morgan fingerprint density at radius 2 is 2.05 bits per heavy atom. The van der Waals surface area contributed by atoms with Crippen molar-refractivity contribution in [3.8, 4) is 0 Å². The number of likely N-dealkylation sites (tertiary alicyclic amines) is 2. The molecule has 1 N–H and O–H groups in total. The van der Waals surface area contributed by atoms with Crippen LogP contribution in [0, 0.1) is 5.92 Å². The van der Waals surface area contributed by atoms with Crippen molar-refractivity contribution in [2.75, 3.05) is 26.7 Å². The monoisotopic (exact) mass is 270 g/mol. The number of rotatable bonds is 2.